The molecule has 2 bridgehead atoms. The Morgan fingerprint density at radius 2 is 1.79 bits per heavy atom. The monoisotopic (exact) mass is 618 g/mol. The normalized spacial score (nSPS) is 35.9. The number of halogens is 2. The number of hydrogen-bond acceptors (Lipinski definition) is 6. The number of carbonyl (C=O) groups is 3. The van der Waals surface area contributed by atoms with Crippen molar-refractivity contribution < 1.29 is 23.9 Å². The summed E-state index contributed by atoms with van der Waals surface area (Å²) in [4.78, 5) is 46.1. The number of fused-ring (bicyclic) bond motifs is 1. The summed E-state index contributed by atoms with van der Waals surface area (Å²) in [5, 5.41) is 6.99. The molecule has 2 N–H and O–H groups in total. The maximum atomic E-state index is 14.2. The molecule has 1 aromatic carbocycles. The topological polar surface area (TPSA) is 100 Å². The minimum atomic E-state index is -1.19. The van der Waals surface area contributed by atoms with E-state index in [1.54, 1.807) is 23.1 Å². The molecule has 4 heterocycles. The van der Waals surface area contributed by atoms with Crippen molar-refractivity contribution in [2.45, 2.75) is 63.3 Å². The van der Waals surface area contributed by atoms with Crippen LogP contribution in [-0.2, 0) is 23.9 Å². The fourth-order valence-electron chi connectivity index (χ4n) is 7.70. The molecule has 4 aliphatic heterocycles. The summed E-state index contributed by atoms with van der Waals surface area (Å²) >= 11 is 12.3. The van der Waals surface area contributed by atoms with E-state index < -0.39 is 29.6 Å². The molecule has 6 rings (SSSR count). The van der Waals surface area contributed by atoms with Gasteiger partial charge < -0.3 is 25.0 Å². The minimum Gasteiger partial charge on any atom is -0.379 e. The Kier molecular flexibility index (Phi) is 8.59. The van der Waals surface area contributed by atoms with Crippen molar-refractivity contribution in [1.29, 1.82) is 0 Å². The molecule has 228 valence electrons. The molecule has 8 atom stereocenters. The molecule has 8 unspecified atom stereocenters. The number of nitrogens with one attached hydrogen (secondary N) is 2. The minimum absolute atomic E-state index is 0.0382. The van der Waals surface area contributed by atoms with E-state index in [1.807, 2.05) is 12.2 Å². The van der Waals surface area contributed by atoms with Crippen molar-refractivity contribution in [3.63, 3.8) is 0 Å². The standard InChI is InChI=1S/C31H40Cl2N4O5/c1-18-5-3-6-23(19(18)2)35-29(39)27-31-8-7-24(42-31)25(28(38)34-22-16-20(32)15-21(33)17-22)26(31)30(40)37(27)10-4-9-36-11-13-41-14-12-36/h7-8,15-19,23-27H,3-6,9-14H2,1-2H3,(H,34,38)(H,35,39). The van der Waals surface area contributed by atoms with Gasteiger partial charge in [0.25, 0.3) is 0 Å². The van der Waals surface area contributed by atoms with Gasteiger partial charge >= 0.3 is 0 Å². The molecule has 1 aliphatic carbocycles. The van der Waals surface area contributed by atoms with Crippen LogP contribution in [-0.4, -0.2) is 90.7 Å². The van der Waals surface area contributed by atoms with E-state index in [1.165, 1.54) is 0 Å². The predicted molar refractivity (Wildman–Crippen MR) is 160 cm³/mol. The molecule has 1 saturated carbocycles. The summed E-state index contributed by atoms with van der Waals surface area (Å²) < 4.78 is 12.0. The molecule has 5 aliphatic rings. The summed E-state index contributed by atoms with van der Waals surface area (Å²) in [6, 6.07) is 4.01. The Morgan fingerprint density at radius 1 is 1.05 bits per heavy atom. The lowest BCUT2D eigenvalue weighted by molar-refractivity contribution is -0.141. The van der Waals surface area contributed by atoms with Crippen LogP contribution < -0.4 is 10.6 Å². The molecule has 3 saturated heterocycles. The first kappa shape index (κ1) is 29.9. The van der Waals surface area contributed by atoms with Crippen LogP contribution >= 0.6 is 23.2 Å². The average molecular weight is 620 g/mol. The number of carbonyl (C=O) groups excluding carboxylic acids is 3. The quantitative estimate of drug-likeness (QED) is 0.431. The van der Waals surface area contributed by atoms with Gasteiger partial charge in [0.05, 0.1) is 31.2 Å². The Bertz CT molecular complexity index is 1240. The van der Waals surface area contributed by atoms with Crippen molar-refractivity contribution in [2.24, 2.45) is 23.7 Å². The highest BCUT2D eigenvalue weighted by molar-refractivity contribution is 6.35. The second kappa shape index (κ2) is 12.1. The fraction of sp³-hybridized carbons (Fsp3) is 0.645. The first-order valence-corrected chi connectivity index (χ1v) is 16.0. The summed E-state index contributed by atoms with van der Waals surface area (Å²) in [7, 11) is 0. The van der Waals surface area contributed by atoms with Gasteiger partial charge in [-0.2, -0.15) is 0 Å². The maximum absolute atomic E-state index is 14.2. The summed E-state index contributed by atoms with van der Waals surface area (Å²) in [5.74, 6) is -1.50. The Balaban J connectivity index is 1.25. The second-order valence-electron chi connectivity index (χ2n) is 12.6. The zero-order valence-corrected chi connectivity index (χ0v) is 25.7. The molecule has 0 radical (unpaired) electrons. The third kappa shape index (κ3) is 5.47. The Labute approximate surface area is 257 Å². The van der Waals surface area contributed by atoms with Gasteiger partial charge in [-0.3, -0.25) is 19.3 Å². The van der Waals surface area contributed by atoms with E-state index in [4.69, 9.17) is 32.7 Å². The van der Waals surface area contributed by atoms with Crippen LogP contribution in [0, 0.1) is 23.7 Å². The van der Waals surface area contributed by atoms with Gasteiger partial charge in [0, 0.05) is 48.0 Å². The van der Waals surface area contributed by atoms with Crippen LogP contribution in [0.5, 0.6) is 0 Å². The van der Waals surface area contributed by atoms with Crippen LogP contribution in [0.4, 0.5) is 5.69 Å². The van der Waals surface area contributed by atoms with Crippen molar-refractivity contribution in [1.82, 2.24) is 15.1 Å². The summed E-state index contributed by atoms with van der Waals surface area (Å²) in [5.41, 5.74) is -0.747. The largest absolute Gasteiger partial charge is 0.379 e. The molecule has 0 aromatic heterocycles. The first-order valence-electron chi connectivity index (χ1n) is 15.2. The molecular weight excluding hydrogens is 579 g/mol. The van der Waals surface area contributed by atoms with Crippen LogP contribution in [0.3, 0.4) is 0 Å². The molecule has 1 spiro atoms. The second-order valence-corrected chi connectivity index (χ2v) is 13.4. The van der Waals surface area contributed by atoms with Crippen LogP contribution in [0.1, 0.15) is 39.5 Å². The number of likely N-dealkylation sites (tertiary alicyclic amines) is 1. The third-order valence-corrected chi connectivity index (χ3v) is 10.5. The van der Waals surface area contributed by atoms with Gasteiger partial charge in [-0.15, -0.1) is 0 Å². The lowest BCUT2D eigenvalue weighted by Gasteiger charge is -2.38. The van der Waals surface area contributed by atoms with E-state index in [2.05, 4.69) is 29.4 Å². The van der Waals surface area contributed by atoms with Gasteiger partial charge in [0.1, 0.15) is 11.6 Å². The number of hydrogen-bond donors (Lipinski definition) is 2. The van der Waals surface area contributed by atoms with Crippen molar-refractivity contribution in [3.05, 3.63) is 40.4 Å². The first-order chi connectivity index (χ1) is 20.2. The molecule has 4 fully saturated rings. The molecule has 3 amide bonds. The van der Waals surface area contributed by atoms with Gasteiger partial charge in [-0.25, -0.2) is 0 Å². The van der Waals surface area contributed by atoms with E-state index in [9.17, 15) is 14.4 Å². The highest BCUT2D eigenvalue weighted by Crippen LogP contribution is 2.55. The van der Waals surface area contributed by atoms with Crippen molar-refractivity contribution in [3.8, 4) is 0 Å². The number of benzene rings is 1. The zero-order chi connectivity index (χ0) is 29.6. The summed E-state index contributed by atoms with van der Waals surface area (Å²) in [6.45, 7) is 8.73. The molecule has 42 heavy (non-hydrogen) atoms. The smallest absolute Gasteiger partial charge is 0.246 e. The Hall–Kier alpha value is -2.17. The van der Waals surface area contributed by atoms with Gasteiger partial charge in [-0.05, 0) is 42.9 Å². The van der Waals surface area contributed by atoms with E-state index in [0.717, 1.165) is 38.9 Å². The van der Waals surface area contributed by atoms with Crippen molar-refractivity contribution >= 4 is 46.6 Å². The third-order valence-electron chi connectivity index (χ3n) is 10.1. The predicted octanol–water partition coefficient (Wildman–Crippen LogP) is 3.75. The molecule has 1 aromatic rings. The maximum Gasteiger partial charge on any atom is 0.246 e. The molecular formula is C31H40Cl2N4O5. The van der Waals surface area contributed by atoms with E-state index in [-0.39, 0.29) is 23.8 Å². The van der Waals surface area contributed by atoms with Gasteiger partial charge in [0.2, 0.25) is 17.7 Å². The highest BCUT2D eigenvalue weighted by Gasteiger charge is 2.72. The van der Waals surface area contributed by atoms with E-state index in [0.29, 0.717) is 53.7 Å². The SMILES string of the molecule is CC1CCCC(NC(=O)C2N(CCCN3CCOCC3)C(=O)C3C(C(=O)Nc4cc(Cl)cc(Cl)c4)C4C=CC32O4)C1C. The summed E-state index contributed by atoms with van der Waals surface area (Å²) in [6.07, 6.45) is 6.93. The number of nitrogens with zero attached hydrogens (tertiary/aromatic N) is 2. The molecule has 9 nitrogen and oxygen atoms in total. The van der Waals surface area contributed by atoms with Gasteiger partial charge in [0.15, 0.2) is 0 Å². The van der Waals surface area contributed by atoms with Crippen LogP contribution in [0.25, 0.3) is 0 Å². The van der Waals surface area contributed by atoms with Gasteiger partial charge in [-0.1, -0.05) is 62.0 Å². The van der Waals surface area contributed by atoms with E-state index >= 15 is 0 Å². The van der Waals surface area contributed by atoms with Crippen LogP contribution in [0.15, 0.2) is 30.4 Å². The van der Waals surface area contributed by atoms with Crippen molar-refractivity contribution in [2.75, 3.05) is 44.7 Å². The zero-order valence-electron chi connectivity index (χ0n) is 24.2. The number of morpholine rings is 1. The Morgan fingerprint density at radius 3 is 2.52 bits per heavy atom. The number of amides is 3. The van der Waals surface area contributed by atoms with Crippen LogP contribution in [0.2, 0.25) is 10.0 Å². The number of anilines is 1. The number of ether oxygens (including phenoxy) is 2. The average Bonchev–Trinajstić information content (AvgIpc) is 3.59. The fourth-order valence-corrected chi connectivity index (χ4v) is 8.22. The number of rotatable bonds is 8. The lowest BCUT2D eigenvalue weighted by Crippen LogP contribution is -2.58. The lowest BCUT2D eigenvalue weighted by atomic mass is 9.73. The molecule has 11 heteroatoms. The highest BCUT2D eigenvalue weighted by atomic mass is 35.5.